The number of hydrogen-bond acceptors (Lipinski definition) is 5. The van der Waals surface area contributed by atoms with E-state index in [1.807, 2.05) is 78.9 Å². The van der Waals surface area contributed by atoms with E-state index >= 15 is 0 Å². The molecule has 0 N–H and O–H groups in total. The van der Waals surface area contributed by atoms with E-state index in [0.29, 0.717) is 22.9 Å². The molecule has 5 aromatic rings. The molecule has 5 rings (SSSR count). The Kier molecular flexibility index (Phi) is 6.38. The highest BCUT2D eigenvalue weighted by Crippen LogP contribution is 2.24. The normalized spacial score (nSPS) is 10.2. The first-order valence-electron chi connectivity index (χ1n) is 11.3. The molecule has 0 bridgehead atoms. The molecule has 3 aromatic carbocycles. The first-order valence-corrected chi connectivity index (χ1v) is 11.3. The van der Waals surface area contributed by atoms with Crippen LogP contribution in [-0.2, 0) is 0 Å². The number of aromatic nitrogens is 2. The van der Waals surface area contributed by atoms with Crippen LogP contribution in [0.25, 0.3) is 21.8 Å². The summed E-state index contributed by atoms with van der Waals surface area (Å²) in [7, 11) is 4.88. The molecule has 0 unspecified atom stereocenters. The smallest absolute Gasteiger partial charge is 0.123 e. The molecule has 0 aliphatic heterocycles. The lowest BCUT2D eigenvalue weighted by molar-refractivity contribution is 0.394. The lowest BCUT2D eigenvalue weighted by Crippen LogP contribution is -1.91. The fourth-order valence-corrected chi connectivity index (χ4v) is 3.73. The van der Waals surface area contributed by atoms with E-state index in [0.717, 1.165) is 38.7 Å². The Labute approximate surface area is 209 Å². The van der Waals surface area contributed by atoms with Crippen LogP contribution in [-0.4, -0.2) is 31.3 Å². The number of fused-ring (bicyclic) bond motifs is 3. The van der Waals surface area contributed by atoms with Crippen molar-refractivity contribution in [2.45, 2.75) is 0 Å². The summed E-state index contributed by atoms with van der Waals surface area (Å²) in [6.07, 6.45) is 0. The Morgan fingerprint density at radius 2 is 0.944 bits per heavy atom. The van der Waals surface area contributed by atoms with Crippen molar-refractivity contribution in [2.24, 2.45) is 0 Å². The van der Waals surface area contributed by atoms with Gasteiger partial charge in [-0.2, -0.15) is 0 Å². The largest absolute Gasteiger partial charge is 0.497 e. The van der Waals surface area contributed by atoms with E-state index in [-0.39, 0.29) is 0 Å². The van der Waals surface area contributed by atoms with Crippen molar-refractivity contribution in [1.29, 1.82) is 0 Å². The topological polar surface area (TPSA) is 53.5 Å². The molecule has 36 heavy (non-hydrogen) atoms. The second-order valence-electron chi connectivity index (χ2n) is 7.93. The highest BCUT2D eigenvalue weighted by molar-refractivity contribution is 6.03. The average molecular weight is 471 g/mol. The van der Waals surface area contributed by atoms with Gasteiger partial charge in [-0.05, 0) is 72.5 Å². The molecule has 0 saturated carbocycles. The maximum atomic E-state index is 5.34. The van der Waals surface area contributed by atoms with Crippen LogP contribution in [0.1, 0.15) is 22.5 Å². The third-order valence-corrected chi connectivity index (χ3v) is 5.63. The van der Waals surface area contributed by atoms with Gasteiger partial charge in [-0.1, -0.05) is 24.0 Å². The van der Waals surface area contributed by atoms with Crippen molar-refractivity contribution in [2.75, 3.05) is 21.3 Å². The summed E-state index contributed by atoms with van der Waals surface area (Å²) in [6.45, 7) is 0. The molecule has 2 heterocycles. The summed E-state index contributed by atoms with van der Waals surface area (Å²) in [6, 6.07) is 25.1. The van der Waals surface area contributed by atoms with Crippen LogP contribution in [0, 0.1) is 23.7 Å². The summed E-state index contributed by atoms with van der Waals surface area (Å²) in [5.74, 6) is 14.8. The van der Waals surface area contributed by atoms with Crippen LogP contribution in [0.4, 0.5) is 0 Å². The van der Waals surface area contributed by atoms with Gasteiger partial charge in [0.2, 0.25) is 0 Å². The minimum atomic E-state index is 0.647. The van der Waals surface area contributed by atoms with Crippen molar-refractivity contribution >= 4 is 21.8 Å². The van der Waals surface area contributed by atoms with E-state index in [1.165, 1.54) is 0 Å². The summed E-state index contributed by atoms with van der Waals surface area (Å²) in [5.41, 5.74) is 4.57. The van der Waals surface area contributed by atoms with Gasteiger partial charge in [0.25, 0.3) is 0 Å². The van der Waals surface area contributed by atoms with Crippen molar-refractivity contribution in [3.8, 4) is 40.9 Å². The lowest BCUT2D eigenvalue weighted by Gasteiger charge is -2.05. The molecule has 0 fully saturated rings. The summed E-state index contributed by atoms with van der Waals surface area (Å²) in [4.78, 5) is 9.64. The summed E-state index contributed by atoms with van der Waals surface area (Å²) in [5, 5.41) is 1.98. The monoisotopic (exact) mass is 470 g/mol. The van der Waals surface area contributed by atoms with Crippen LogP contribution in [0.3, 0.4) is 0 Å². The van der Waals surface area contributed by atoms with E-state index in [4.69, 9.17) is 24.2 Å². The lowest BCUT2D eigenvalue weighted by atomic mass is 10.1. The highest BCUT2D eigenvalue weighted by atomic mass is 16.5. The number of benzene rings is 3. The van der Waals surface area contributed by atoms with Crippen molar-refractivity contribution in [3.63, 3.8) is 0 Å². The first-order chi connectivity index (χ1) is 17.6. The van der Waals surface area contributed by atoms with E-state index in [1.54, 1.807) is 21.3 Å². The third kappa shape index (κ3) is 4.92. The molecule has 0 atom stereocenters. The van der Waals surface area contributed by atoms with Gasteiger partial charge in [0.1, 0.15) is 28.6 Å². The first kappa shape index (κ1) is 22.8. The Hall–Kier alpha value is -5.00. The zero-order valence-corrected chi connectivity index (χ0v) is 20.1. The maximum absolute atomic E-state index is 5.34. The number of pyridine rings is 2. The maximum Gasteiger partial charge on any atom is 0.123 e. The minimum absolute atomic E-state index is 0.647. The van der Waals surface area contributed by atoms with Gasteiger partial charge in [-0.3, -0.25) is 0 Å². The number of nitrogens with zero attached hydrogens (tertiary/aromatic N) is 2. The fourth-order valence-electron chi connectivity index (χ4n) is 3.73. The summed E-state index contributed by atoms with van der Waals surface area (Å²) >= 11 is 0. The highest BCUT2D eigenvalue weighted by Gasteiger charge is 2.06. The van der Waals surface area contributed by atoms with Gasteiger partial charge in [-0.15, -0.1) is 0 Å². The molecular weight excluding hydrogens is 448 g/mol. The molecule has 0 amide bonds. The average Bonchev–Trinajstić information content (AvgIpc) is 2.94. The molecule has 0 aliphatic carbocycles. The molecule has 0 radical (unpaired) electrons. The molecule has 5 nitrogen and oxygen atoms in total. The Morgan fingerprint density at radius 1 is 0.472 bits per heavy atom. The third-order valence-electron chi connectivity index (χ3n) is 5.63. The second kappa shape index (κ2) is 10.1. The van der Waals surface area contributed by atoms with Gasteiger partial charge in [-0.25, -0.2) is 9.97 Å². The Morgan fingerprint density at radius 3 is 1.44 bits per heavy atom. The van der Waals surface area contributed by atoms with Crippen molar-refractivity contribution in [3.05, 3.63) is 101 Å². The Balaban J connectivity index is 1.52. The zero-order valence-electron chi connectivity index (χ0n) is 20.1. The number of methoxy groups -OCH3 is 3. The molecule has 174 valence electrons. The zero-order chi connectivity index (χ0) is 24.9. The van der Waals surface area contributed by atoms with Crippen LogP contribution >= 0.6 is 0 Å². The molecule has 5 heteroatoms. The quantitative estimate of drug-likeness (QED) is 0.254. The number of rotatable bonds is 3. The fraction of sp³-hybridized carbons (Fsp3) is 0.0968. The van der Waals surface area contributed by atoms with Gasteiger partial charge >= 0.3 is 0 Å². The SMILES string of the molecule is COc1ccc(C#Cc2ccc3ccc4ccc(C#Cc5cc(OC)cc(OC)c5)nc4c3n2)cc1. The minimum Gasteiger partial charge on any atom is -0.497 e. The molecular formula is C31H22N2O3. The van der Waals surface area contributed by atoms with E-state index < -0.39 is 0 Å². The molecule has 2 aromatic heterocycles. The van der Waals surface area contributed by atoms with Crippen LogP contribution in [0.15, 0.2) is 78.9 Å². The predicted octanol–water partition coefficient (Wildman–Crippen LogP) is 5.61. The second-order valence-corrected chi connectivity index (χ2v) is 7.93. The van der Waals surface area contributed by atoms with Gasteiger partial charge in [0.05, 0.1) is 32.4 Å². The molecule has 0 spiro atoms. The standard InChI is InChI=1S/C31H22N2O3/c1-34-27-16-6-21(7-17-27)4-12-25-14-10-23-8-9-24-11-15-26(33-31(24)30(23)32-25)13-5-22-18-28(35-2)20-29(19-22)36-3/h6-11,14-20H,1-3H3. The van der Waals surface area contributed by atoms with Crippen molar-refractivity contribution < 1.29 is 14.2 Å². The number of hydrogen-bond donors (Lipinski definition) is 0. The molecule has 0 saturated heterocycles. The predicted molar refractivity (Wildman–Crippen MR) is 142 cm³/mol. The Bertz CT molecular complexity index is 1680. The summed E-state index contributed by atoms with van der Waals surface area (Å²) < 4.78 is 15.9. The van der Waals surface area contributed by atoms with Gasteiger partial charge < -0.3 is 14.2 Å². The van der Waals surface area contributed by atoms with Crippen LogP contribution in [0.2, 0.25) is 0 Å². The van der Waals surface area contributed by atoms with Crippen LogP contribution < -0.4 is 14.2 Å². The van der Waals surface area contributed by atoms with Crippen LogP contribution in [0.5, 0.6) is 17.2 Å². The van der Waals surface area contributed by atoms with Gasteiger partial charge in [0.15, 0.2) is 0 Å². The molecule has 0 aliphatic rings. The number of ether oxygens (including phenoxy) is 3. The van der Waals surface area contributed by atoms with Crippen molar-refractivity contribution in [1.82, 2.24) is 9.97 Å². The van der Waals surface area contributed by atoms with E-state index in [2.05, 4.69) is 23.7 Å². The van der Waals surface area contributed by atoms with Gasteiger partial charge in [0, 0.05) is 28.0 Å². The van der Waals surface area contributed by atoms with E-state index in [9.17, 15) is 0 Å².